The van der Waals surface area contributed by atoms with Crippen molar-refractivity contribution in [3.8, 4) is 0 Å². The van der Waals surface area contributed by atoms with Crippen molar-refractivity contribution in [1.82, 2.24) is 0 Å². The summed E-state index contributed by atoms with van der Waals surface area (Å²) in [7, 11) is -3.92. The molecule has 0 aliphatic heterocycles. The van der Waals surface area contributed by atoms with Crippen LogP contribution >= 0.6 is 15.9 Å². The van der Waals surface area contributed by atoms with E-state index in [4.69, 9.17) is 5.11 Å². The molecule has 2 aromatic rings. The number of carbonyl (C=O) groups is 1. The second kappa shape index (κ2) is 9.32. The van der Waals surface area contributed by atoms with E-state index in [0.717, 1.165) is 40.2 Å². The molecule has 146 valence electrons. The average Bonchev–Trinajstić information content (AvgIpc) is 2.62. The van der Waals surface area contributed by atoms with Crippen LogP contribution in [-0.2, 0) is 10.0 Å². The van der Waals surface area contributed by atoms with Gasteiger partial charge in [-0.1, -0.05) is 42.1 Å². The summed E-state index contributed by atoms with van der Waals surface area (Å²) in [6.45, 7) is 2.23. The third-order valence-electron chi connectivity index (χ3n) is 4.08. The summed E-state index contributed by atoms with van der Waals surface area (Å²) < 4.78 is 41.9. The van der Waals surface area contributed by atoms with Gasteiger partial charge in [0.15, 0.2) is 0 Å². The Morgan fingerprint density at radius 2 is 1.78 bits per heavy atom. The third-order valence-corrected chi connectivity index (χ3v) is 6.45. The molecule has 8 heteroatoms. The van der Waals surface area contributed by atoms with Crippen molar-refractivity contribution in [2.75, 3.05) is 10.8 Å². The van der Waals surface area contributed by atoms with Crippen LogP contribution < -0.4 is 4.31 Å². The topological polar surface area (TPSA) is 74.7 Å². The van der Waals surface area contributed by atoms with Crippen LogP contribution in [0.3, 0.4) is 0 Å². The molecule has 27 heavy (non-hydrogen) atoms. The number of nitrogens with zero attached hydrogens (tertiary/aromatic N) is 1. The first-order chi connectivity index (χ1) is 12.8. The second-order valence-corrected chi connectivity index (χ2v) is 8.84. The predicted octanol–water partition coefficient (Wildman–Crippen LogP) is 5.06. The molecule has 0 aromatic heterocycles. The van der Waals surface area contributed by atoms with Gasteiger partial charge in [0.2, 0.25) is 0 Å². The monoisotopic (exact) mass is 457 g/mol. The number of unbranched alkanes of at least 4 members (excludes halogenated alkanes) is 3. The maximum atomic E-state index is 13.7. The minimum absolute atomic E-state index is 0.0855. The van der Waals surface area contributed by atoms with Gasteiger partial charge in [0, 0.05) is 11.0 Å². The first-order valence-corrected chi connectivity index (χ1v) is 10.8. The molecule has 2 rings (SSSR count). The molecule has 0 saturated carbocycles. The molecule has 1 N–H and O–H groups in total. The highest BCUT2D eigenvalue weighted by molar-refractivity contribution is 9.10. The van der Waals surface area contributed by atoms with Gasteiger partial charge in [-0.2, -0.15) is 0 Å². The first kappa shape index (κ1) is 21.4. The summed E-state index contributed by atoms with van der Waals surface area (Å²) in [4.78, 5) is 11.3. The molecular weight excluding hydrogens is 437 g/mol. The van der Waals surface area contributed by atoms with E-state index in [2.05, 4.69) is 22.9 Å². The van der Waals surface area contributed by atoms with Gasteiger partial charge >= 0.3 is 5.97 Å². The lowest BCUT2D eigenvalue weighted by Crippen LogP contribution is -2.32. The summed E-state index contributed by atoms with van der Waals surface area (Å²) >= 11 is 3.27. The summed E-state index contributed by atoms with van der Waals surface area (Å²) in [5.74, 6) is -2.35. The molecule has 0 heterocycles. The summed E-state index contributed by atoms with van der Waals surface area (Å²) in [6, 6.07) is 9.52. The molecule has 0 amide bonds. The van der Waals surface area contributed by atoms with Crippen molar-refractivity contribution in [2.45, 2.75) is 37.5 Å². The van der Waals surface area contributed by atoms with Gasteiger partial charge in [-0.3, -0.25) is 4.31 Å². The largest absolute Gasteiger partial charge is 0.478 e. The van der Waals surface area contributed by atoms with Crippen molar-refractivity contribution in [2.24, 2.45) is 0 Å². The molecule has 0 aliphatic rings. The van der Waals surface area contributed by atoms with E-state index in [1.54, 1.807) is 12.1 Å². The van der Waals surface area contributed by atoms with Gasteiger partial charge in [0.25, 0.3) is 10.0 Å². The van der Waals surface area contributed by atoms with Crippen LogP contribution in [0, 0.1) is 5.82 Å². The van der Waals surface area contributed by atoms with E-state index < -0.39 is 27.4 Å². The number of carboxylic acid groups (broad SMARTS) is 1. The molecule has 0 bridgehead atoms. The van der Waals surface area contributed by atoms with E-state index >= 15 is 0 Å². The fourth-order valence-electron chi connectivity index (χ4n) is 2.64. The maximum absolute atomic E-state index is 13.7. The van der Waals surface area contributed by atoms with Crippen LogP contribution in [0.4, 0.5) is 10.1 Å². The molecule has 5 nitrogen and oxygen atoms in total. The van der Waals surface area contributed by atoms with E-state index in [0.29, 0.717) is 6.42 Å². The highest BCUT2D eigenvalue weighted by Crippen LogP contribution is 2.27. The van der Waals surface area contributed by atoms with Gasteiger partial charge in [0.1, 0.15) is 5.82 Å². The van der Waals surface area contributed by atoms with Gasteiger partial charge in [0.05, 0.1) is 16.1 Å². The summed E-state index contributed by atoms with van der Waals surface area (Å²) in [6.07, 6.45) is 3.42. The number of halogens is 2. The number of anilines is 1. The third kappa shape index (κ3) is 5.29. The van der Waals surface area contributed by atoms with E-state index in [1.807, 2.05) is 0 Å². The summed E-state index contributed by atoms with van der Waals surface area (Å²) in [5, 5.41) is 9.16. The number of benzene rings is 2. The smallest absolute Gasteiger partial charge is 0.338 e. The number of hydrogen-bond donors (Lipinski definition) is 1. The van der Waals surface area contributed by atoms with Crippen molar-refractivity contribution in [3.63, 3.8) is 0 Å². The van der Waals surface area contributed by atoms with E-state index in [1.165, 1.54) is 18.2 Å². The molecule has 0 radical (unpaired) electrons. The number of aromatic carboxylic acids is 1. The lowest BCUT2D eigenvalue weighted by atomic mass is 10.1. The Morgan fingerprint density at radius 1 is 1.11 bits per heavy atom. The Labute approximate surface area is 167 Å². The normalized spacial score (nSPS) is 11.4. The molecule has 0 saturated heterocycles. The van der Waals surface area contributed by atoms with Crippen LogP contribution in [0.1, 0.15) is 43.0 Å². The minimum Gasteiger partial charge on any atom is -0.478 e. The predicted molar refractivity (Wildman–Crippen MR) is 106 cm³/mol. The lowest BCUT2D eigenvalue weighted by Gasteiger charge is -2.25. The van der Waals surface area contributed by atoms with Crippen LogP contribution in [0.2, 0.25) is 0 Å². The SMILES string of the molecule is CCCCCCN(c1ccc(F)c(C(=O)O)c1)S(=O)(=O)c1ccc(Br)cc1. The van der Waals surface area contributed by atoms with Crippen LogP contribution in [-0.4, -0.2) is 26.0 Å². The summed E-state index contributed by atoms with van der Waals surface area (Å²) in [5.41, 5.74) is -0.426. The van der Waals surface area contributed by atoms with Gasteiger partial charge < -0.3 is 5.11 Å². The zero-order valence-electron chi connectivity index (χ0n) is 14.9. The first-order valence-electron chi connectivity index (χ1n) is 8.58. The molecule has 0 fully saturated rings. The van der Waals surface area contributed by atoms with Gasteiger partial charge in [-0.15, -0.1) is 0 Å². The maximum Gasteiger partial charge on any atom is 0.338 e. The van der Waals surface area contributed by atoms with Gasteiger partial charge in [-0.05, 0) is 48.9 Å². The number of carboxylic acids is 1. The van der Waals surface area contributed by atoms with Crippen molar-refractivity contribution in [1.29, 1.82) is 0 Å². The van der Waals surface area contributed by atoms with E-state index in [-0.39, 0.29) is 17.1 Å². The zero-order chi connectivity index (χ0) is 20.0. The van der Waals surface area contributed by atoms with Crippen LogP contribution in [0.5, 0.6) is 0 Å². The average molecular weight is 458 g/mol. The fourth-order valence-corrected chi connectivity index (χ4v) is 4.40. The Kier molecular flexibility index (Phi) is 7.38. The Morgan fingerprint density at radius 3 is 2.37 bits per heavy atom. The van der Waals surface area contributed by atoms with Crippen LogP contribution in [0.15, 0.2) is 51.8 Å². The molecule has 0 spiro atoms. The van der Waals surface area contributed by atoms with Crippen molar-refractivity contribution in [3.05, 3.63) is 58.3 Å². The molecule has 2 aromatic carbocycles. The highest BCUT2D eigenvalue weighted by atomic mass is 79.9. The standard InChI is InChI=1S/C19H21BrFNO4S/c1-2-3-4-5-12-22(15-8-11-18(21)17(13-15)19(23)24)27(25,26)16-9-6-14(20)7-10-16/h6-11,13H,2-5,12H2,1H3,(H,23,24). The van der Waals surface area contributed by atoms with Crippen LogP contribution in [0.25, 0.3) is 0 Å². The lowest BCUT2D eigenvalue weighted by molar-refractivity contribution is 0.0692. The van der Waals surface area contributed by atoms with Crippen molar-refractivity contribution < 1.29 is 22.7 Å². The van der Waals surface area contributed by atoms with E-state index in [9.17, 15) is 17.6 Å². The molecular formula is C19H21BrFNO4S. The minimum atomic E-state index is -3.92. The Hall–Kier alpha value is -1.93. The second-order valence-electron chi connectivity index (χ2n) is 6.06. The number of sulfonamides is 1. The zero-order valence-corrected chi connectivity index (χ0v) is 17.3. The Bertz CT molecular complexity index is 900. The quantitative estimate of drug-likeness (QED) is 0.533. The number of hydrogen-bond acceptors (Lipinski definition) is 3. The van der Waals surface area contributed by atoms with Gasteiger partial charge in [-0.25, -0.2) is 17.6 Å². The molecule has 0 aliphatic carbocycles. The molecule has 0 unspecified atom stereocenters. The van der Waals surface area contributed by atoms with Crippen molar-refractivity contribution >= 4 is 37.6 Å². The fraction of sp³-hybridized carbons (Fsp3) is 0.316. The molecule has 0 atom stereocenters. The number of rotatable bonds is 9. The highest BCUT2D eigenvalue weighted by Gasteiger charge is 2.26. The Balaban J connectivity index is 2.46.